The average molecular weight is 1540 g/mol. The molecule has 0 amide bonds. The summed E-state index contributed by atoms with van der Waals surface area (Å²) in [5, 5.41) is 10.7. The van der Waals surface area contributed by atoms with Gasteiger partial charge in [-0.15, -0.1) is 0 Å². The predicted octanol–water partition coefficient (Wildman–Crippen LogP) is 26.1. The second-order valence-electron chi connectivity index (χ2n) is 31.9. The predicted molar refractivity (Wildman–Crippen MR) is 432 cm³/mol. The van der Waals surface area contributed by atoms with E-state index in [0.29, 0.717) is 31.6 Å². The van der Waals surface area contributed by atoms with Crippen LogP contribution in [0.25, 0.3) is 0 Å². The molecule has 0 spiro atoms. The monoisotopic (exact) mass is 1540 g/mol. The quantitative estimate of drug-likeness (QED) is 0.0222. The summed E-state index contributed by atoms with van der Waals surface area (Å²) in [6, 6.07) is 0. The van der Waals surface area contributed by atoms with E-state index in [4.69, 9.17) is 37.0 Å². The van der Waals surface area contributed by atoms with Crippen molar-refractivity contribution in [1.82, 2.24) is 0 Å². The first-order valence-corrected chi connectivity index (χ1v) is 47.4. The fourth-order valence-corrected chi connectivity index (χ4v) is 14.9. The molecule has 0 aliphatic rings. The number of unbranched alkanes of at least 4 members (excludes halogenated alkanes) is 50. The summed E-state index contributed by atoms with van der Waals surface area (Å²) >= 11 is 0. The van der Waals surface area contributed by atoms with Gasteiger partial charge in [0, 0.05) is 25.7 Å². The molecule has 0 heterocycles. The lowest BCUT2D eigenvalue weighted by molar-refractivity contribution is -0.161. The van der Waals surface area contributed by atoms with Gasteiger partial charge in [0.05, 0.1) is 26.4 Å². The molecule has 0 fully saturated rings. The summed E-state index contributed by atoms with van der Waals surface area (Å²) in [5.74, 6) is 0.268. The SMILES string of the molecule is CCCCCCCCCCCCCCCCCCCCCCC(=O)O[C@H](COC(=O)CCCCCCCCCCCCCCCCC(C)CC)COP(=O)(O)OC[C@@H](O)COP(=O)(O)OC[C@@H](COC(=O)CCCCCCCCC(C)C)OC(=O)CCCCCCCCCCCCCCCCC(C)CC. The van der Waals surface area contributed by atoms with E-state index in [0.717, 1.165) is 108 Å². The lowest BCUT2D eigenvalue weighted by Gasteiger charge is -2.21. The van der Waals surface area contributed by atoms with E-state index in [9.17, 15) is 43.2 Å². The number of hydrogen-bond donors (Lipinski definition) is 3. The van der Waals surface area contributed by atoms with Crippen LogP contribution in [0.3, 0.4) is 0 Å². The zero-order chi connectivity index (χ0) is 77.2. The van der Waals surface area contributed by atoms with Gasteiger partial charge in [0.1, 0.15) is 19.3 Å². The Balaban J connectivity index is 5.22. The third kappa shape index (κ3) is 77.2. The fraction of sp³-hybridized carbons (Fsp3) is 0.953. The molecule has 0 aliphatic carbocycles. The molecule has 0 radical (unpaired) electrons. The second kappa shape index (κ2) is 76.1. The van der Waals surface area contributed by atoms with Gasteiger partial charge in [0.2, 0.25) is 0 Å². The molecule has 0 aromatic heterocycles. The number of carbonyl (C=O) groups is 4. The molecule has 0 bridgehead atoms. The maximum absolute atomic E-state index is 13.1. The molecule has 0 aromatic carbocycles. The summed E-state index contributed by atoms with van der Waals surface area (Å²) in [6.45, 7) is 12.0. The number of ether oxygens (including phenoxy) is 4. The van der Waals surface area contributed by atoms with Crippen molar-refractivity contribution in [3.63, 3.8) is 0 Å². The minimum absolute atomic E-state index is 0.107. The minimum atomic E-state index is -4.97. The lowest BCUT2D eigenvalue weighted by atomic mass is 9.99. The Kier molecular flexibility index (Phi) is 74.7. The van der Waals surface area contributed by atoms with Crippen LogP contribution < -0.4 is 0 Å². The highest BCUT2D eigenvalue weighted by molar-refractivity contribution is 7.47. The molecule has 4 unspecified atom stereocenters. The fourth-order valence-electron chi connectivity index (χ4n) is 13.3. The number of aliphatic hydroxyl groups excluding tert-OH is 1. The minimum Gasteiger partial charge on any atom is -0.462 e. The summed E-state index contributed by atoms with van der Waals surface area (Å²) in [5.41, 5.74) is 0. The first kappa shape index (κ1) is 103. The van der Waals surface area contributed by atoms with Crippen LogP contribution in [0.4, 0.5) is 0 Å². The van der Waals surface area contributed by atoms with Crippen LogP contribution in [0.15, 0.2) is 0 Å². The van der Waals surface area contributed by atoms with Gasteiger partial charge in [0.15, 0.2) is 12.2 Å². The third-order valence-corrected chi connectivity index (χ3v) is 22.8. The molecule has 19 heteroatoms. The number of phosphoric ester groups is 2. The first-order valence-electron chi connectivity index (χ1n) is 44.4. The Morgan fingerprint density at radius 1 is 0.276 bits per heavy atom. The van der Waals surface area contributed by atoms with Gasteiger partial charge in [-0.3, -0.25) is 37.3 Å². The summed E-state index contributed by atoms with van der Waals surface area (Å²) in [6.07, 6.45) is 66.7. The van der Waals surface area contributed by atoms with Crippen LogP contribution in [-0.4, -0.2) is 96.7 Å². The number of phosphoric acid groups is 2. The van der Waals surface area contributed by atoms with Gasteiger partial charge in [-0.25, -0.2) is 9.13 Å². The van der Waals surface area contributed by atoms with Gasteiger partial charge in [-0.05, 0) is 43.4 Å². The van der Waals surface area contributed by atoms with E-state index in [2.05, 4.69) is 48.5 Å². The largest absolute Gasteiger partial charge is 0.472 e. The molecular weight excluding hydrogens is 1370 g/mol. The Morgan fingerprint density at radius 3 is 0.724 bits per heavy atom. The van der Waals surface area contributed by atoms with Crippen molar-refractivity contribution in [3.8, 4) is 0 Å². The van der Waals surface area contributed by atoms with Crippen LogP contribution >= 0.6 is 15.6 Å². The second-order valence-corrected chi connectivity index (χ2v) is 34.8. The molecule has 17 nitrogen and oxygen atoms in total. The number of hydrogen-bond acceptors (Lipinski definition) is 15. The first-order chi connectivity index (χ1) is 50.8. The van der Waals surface area contributed by atoms with Gasteiger partial charge < -0.3 is 33.8 Å². The van der Waals surface area contributed by atoms with Crippen molar-refractivity contribution in [2.75, 3.05) is 39.6 Å². The molecular formula is C86H168O17P2. The summed E-state index contributed by atoms with van der Waals surface area (Å²) in [4.78, 5) is 73.2. The average Bonchev–Trinajstić information content (AvgIpc) is 0.981. The van der Waals surface area contributed by atoms with Crippen molar-refractivity contribution in [1.29, 1.82) is 0 Å². The van der Waals surface area contributed by atoms with Crippen LogP contribution in [0, 0.1) is 17.8 Å². The van der Waals surface area contributed by atoms with Gasteiger partial charge in [-0.2, -0.15) is 0 Å². The van der Waals surface area contributed by atoms with Crippen molar-refractivity contribution in [2.24, 2.45) is 17.8 Å². The van der Waals surface area contributed by atoms with Crippen LogP contribution in [0.2, 0.25) is 0 Å². The highest BCUT2D eigenvalue weighted by Crippen LogP contribution is 2.45. The molecule has 0 saturated heterocycles. The topological polar surface area (TPSA) is 237 Å². The highest BCUT2D eigenvalue weighted by atomic mass is 31.2. The molecule has 0 aliphatic heterocycles. The number of aliphatic hydroxyl groups is 1. The number of rotatable bonds is 84. The zero-order valence-electron chi connectivity index (χ0n) is 69.2. The summed E-state index contributed by atoms with van der Waals surface area (Å²) in [7, 11) is -9.93. The molecule has 3 N–H and O–H groups in total. The lowest BCUT2D eigenvalue weighted by Crippen LogP contribution is -2.30. The molecule has 0 rings (SSSR count). The van der Waals surface area contributed by atoms with Gasteiger partial charge >= 0.3 is 39.5 Å². The maximum Gasteiger partial charge on any atom is 0.472 e. The van der Waals surface area contributed by atoms with Gasteiger partial charge in [0.25, 0.3) is 0 Å². The zero-order valence-corrected chi connectivity index (χ0v) is 71.0. The highest BCUT2D eigenvalue weighted by Gasteiger charge is 2.30. The van der Waals surface area contributed by atoms with E-state index < -0.39 is 97.5 Å². The van der Waals surface area contributed by atoms with E-state index in [1.807, 2.05) is 0 Å². The van der Waals surface area contributed by atoms with E-state index in [1.54, 1.807) is 0 Å². The Hall–Kier alpha value is -1.94. The van der Waals surface area contributed by atoms with E-state index >= 15 is 0 Å². The standard InChI is InChI=1S/C86H168O17P2/c1-8-11-12-13-14-15-16-17-18-19-20-21-22-23-31-36-41-46-55-62-69-85(90)102-81(73-96-83(88)67-60-53-45-40-35-30-26-24-28-33-38-43-51-58-65-78(6)9-2)75-100-104(92,93)98-71-80(87)72-99-105(94,95)101-76-82(74-97-84(89)68-61-54-49-48-50-57-64-77(4)5)103-86(91)70-63-56-47-42-37-32-27-25-29-34-39-44-52-59-66-79(7)10-3/h77-82,87H,8-76H2,1-7H3,(H,92,93)(H,94,95)/t78?,79?,80-,81-,82-/m1/s1. The number of esters is 4. The molecule has 0 aromatic rings. The maximum atomic E-state index is 13.1. The Bertz CT molecular complexity index is 2030. The summed E-state index contributed by atoms with van der Waals surface area (Å²) < 4.78 is 68.9. The molecule has 0 saturated carbocycles. The van der Waals surface area contributed by atoms with E-state index in [1.165, 1.54) is 257 Å². The number of carbonyl (C=O) groups excluding carboxylic acids is 4. The van der Waals surface area contributed by atoms with Crippen LogP contribution in [0.1, 0.15) is 453 Å². The van der Waals surface area contributed by atoms with E-state index in [-0.39, 0.29) is 25.7 Å². The van der Waals surface area contributed by atoms with Crippen molar-refractivity contribution >= 4 is 39.5 Å². The Labute approximate surface area is 645 Å². The van der Waals surface area contributed by atoms with Crippen LogP contribution in [0.5, 0.6) is 0 Å². The van der Waals surface area contributed by atoms with Crippen molar-refractivity contribution in [3.05, 3.63) is 0 Å². The van der Waals surface area contributed by atoms with Crippen molar-refractivity contribution < 1.29 is 80.2 Å². The van der Waals surface area contributed by atoms with Crippen LogP contribution in [-0.2, 0) is 65.4 Å². The third-order valence-electron chi connectivity index (χ3n) is 20.9. The molecule has 624 valence electrons. The molecule has 105 heavy (non-hydrogen) atoms. The molecule has 7 atom stereocenters. The normalized spacial score (nSPS) is 14.4. The smallest absolute Gasteiger partial charge is 0.462 e. The van der Waals surface area contributed by atoms with Gasteiger partial charge in [-0.1, -0.05) is 402 Å². The van der Waals surface area contributed by atoms with Crippen molar-refractivity contribution in [2.45, 2.75) is 471 Å². The Morgan fingerprint density at radius 2 is 0.486 bits per heavy atom.